The number of benzene rings is 1. The van der Waals surface area contributed by atoms with Crippen LogP contribution in [0.4, 0.5) is 0 Å². The second kappa shape index (κ2) is 7.04. The third kappa shape index (κ3) is 3.03. The predicted molar refractivity (Wildman–Crippen MR) is 95.5 cm³/mol. The lowest BCUT2D eigenvalue weighted by Gasteiger charge is -2.15. The van der Waals surface area contributed by atoms with Gasteiger partial charge in [-0.25, -0.2) is 4.85 Å². The van der Waals surface area contributed by atoms with Crippen molar-refractivity contribution in [3.63, 3.8) is 0 Å². The zero-order valence-corrected chi connectivity index (χ0v) is 13.9. The van der Waals surface area contributed by atoms with Crippen molar-refractivity contribution in [2.45, 2.75) is 6.92 Å². The van der Waals surface area contributed by atoms with Crippen LogP contribution >= 0.6 is 11.3 Å². The summed E-state index contributed by atoms with van der Waals surface area (Å²) in [6.45, 7) is 10.1. The molecule has 0 aliphatic carbocycles. The Bertz CT molecular complexity index is 893. The molecule has 5 heteroatoms. The first-order valence-corrected chi connectivity index (χ1v) is 8.28. The smallest absolute Gasteiger partial charge is 0.190 e. The number of ether oxygens (including phenoxy) is 2. The van der Waals surface area contributed by atoms with Crippen molar-refractivity contribution in [2.75, 3.05) is 13.2 Å². The molecule has 0 unspecified atom stereocenters. The van der Waals surface area contributed by atoms with E-state index in [0.717, 1.165) is 21.8 Å². The first-order chi connectivity index (χ1) is 11.8. The normalized spacial score (nSPS) is 14.0. The maximum Gasteiger partial charge on any atom is 0.190 e. The zero-order chi connectivity index (χ0) is 16.9. The summed E-state index contributed by atoms with van der Waals surface area (Å²) in [4.78, 5) is 4.36. The number of thiophene rings is 1. The van der Waals surface area contributed by atoms with Crippen LogP contribution in [0.3, 0.4) is 0 Å². The average molecular weight is 334 g/mol. The number of allylic oxidation sites excluding steroid dienone is 2. The highest BCUT2D eigenvalue weighted by atomic mass is 32.1. The molecular weight excluding hydrogens is 320 g/mol. The molecule has 4 nitrogen and oxygen atoms in total. The Morgan fingerprint density at radius 1 is 1.25 bits per heavy atom. The molecule has 0 spiro atoms. The Kier molecular flexibility index (Phi) is 4.65. The topological polar surface area (TPSA) is 46.6 Å². The minimum absolute atomic E-state index is 0.518. The highest BCUT2D eigenvalue weighted by Crippen LogP contribution is 2.41. The maximum atomic E-state index is 9.51. The zero-order valence-electron chi connectivity index (χ0n) is 13.1. The van der Waals surface area contributed by atoms with Gasteiger partial charge in [0, 0.05) is 5.38 Å². The van der Waals surface area contributed by atoms with Crippen LogP contribution in [0.15, 0.2) is 35.7 Å². The number of hydrogen-bond donors (Lipinski definition) is 0. The Labute approximate surface area is 144 Å². The van der Waals surface area contributed by atoms with Crippen LogP contribution < -0.4 is 9.47 Å². The second-order valence-electron chi connectivity index (χ2n) is 5.02. The van der Waals surface area contributed by atoms with E-state index in [1.165, 1.54) is 11.3 Å². The van der Waals surface area contributed by atoms with E-state index in [2.05, 4.69) is 10.9 Å². The highest BCUT2D eigenvalue weighted by molar-refractivity contribution is 7.11. The fourth-order valence-electron chi connectivity index (χ4n) is 2.41. The number of nitrogens with zero attached hydrogens (tertiary/aromatic N) is 2. The van der Waals surface area contributed by atoms with Crippen LogP contribution in [-0.2, 0) is 0 Å². The van der Waals surface area contributed by atoms with Gasteiger partial charge >= 0.3 is 0 Å². The van der Waals surface area contributed by atoms with Crippen LogP contribution in [0.2, 0.25) is 0 Å². The fourth-order valence-corrected chi connectivity index (χ4v) is 3.27. The highest BCUT2D eigenvalue weighted by Gasteiger charge is 2.18. The number of rotatable bonds is 3. The lowest BCUT2D eigenvalue weighted by atomic mass is 10.0. The Morgan fingerprint density at radius 3 is 2.62 bits per heavy atom. The quantitative estimate of drug-likeness (QED) is 0.594. The summed E-state index contributed by atoms with van der Waals surface area (Å²) >= 11 is 1.49. The molecular formula is C19H14N2O2S. The van der Waals surface area contributed by atoms with Crippen LogP contribution in [0.5, 0.6) is 11.5 Å². The van der Waals surface area contributed by atoms with Gasteiger partial charge in [-0.3, -0.25) is 0 Å². The molecule has 0 atom stereocenters. The first kappa shape index (κ1) is 15.9. The molecule has 0 radical (unpaired) electrons. The van der Waals surface area contributed by atoms with E-state index in [1.54, 1.807) is 6.08 Å². The molecule has 1 aromatic heterocycles. The second-order valence-corrected chi connectivity index (χ2v) is 5.93. The van der Waals surface area contributed by atoms with E-state index in [1.807, 2.05) is 42.6 Å². The number of nitriles is 1. The number of fused-ring (bicyclic) bond motifs is 1. The van der Waals surface area contributed by atoms with Gasteiger partial charge in [0.15, 0.2) is 17.2 Å². The molecule has 0 saturated carbocycles. The third-order valence-corrected chi connectivity index (χ3v) is 4.50. The average Bonchev–Trinajstić information content (AvgIpc) is 3.04. The monoisotopic (exact) mass is 334 g/mol. The predicted octanol–water partition coefficient (Wildman–Crippen LogP) is 4.86. The summed E-state index contributed by atoms with van der Waals surface area (Å²) < 4.78 is 11.2. The molecule has 0 bridgehead atoms. The van der Waals surface area contributed by atoms with Crippen molar-refractivity contribution >= 4 is 28.7 Å². The van der Waals surface area contributed by atoms with E-state index >= 15 is 0 Å². The van der Waals surface area contributed by atoms with Gasteiger partial charge < -0.3 is 9.47 Å². The van der Waals surface area contributed by atoms with Crippen LogP contribution in [0, 0.1) is 17.9 Å². The molecule has 1 aliphatic heterocycles. The van der Waals surface area contributed by atoms with Crippen molar-refractivity contribution < 1.29 is 9.47 Å². The summed E-state index contributed by atoms with van der Waals surface area (Å²) in [6, 6.07) is 9.67. The molecule has 0 N–H and O–H groups in total. The Balaban J connectivity index is 1.94. The largest absolute Gasteiger partial charge is 0.485 e. The van der Waals surface area contributed by atoms with Gasteiger partial charge in [0.05, 0.1) is 23.1 Å². The molecule has 0 saturated heterocycles. The Hall–Kier alpha value is -3.02. The lowest BCUT2D eigenvalue weighted by Crippen LogP contribution is -2.14. The van der Waals surface area contributed by atoms with Crippen LogP contribution in [0.1, 0.15) is 22.9 Å². The van der Waals surface area contributed by atoms with Gasteiger partial charge in [-0.1, -0.05) is 37.3 Å². The van der Waals surface area contributed by atoms with E-state index in [9.17, 15) is 5.26 Å². The summed E-state index contributed by atoms with van der Waals surface area (Å²) in [7, 11) is 0. The molecule has 1 aromatic carbocycles. The molecule has 2 aromatic rings. The van der Waals surface area contributed by atoms with Crippen LogP contribution in [0.25, 0.3) is 22.2 Å². The molecule has 2 heterocycles. The Morgan fingerprint density at radius 2 is 1.96 bits per heavy atom. The molecule has 0 fully saturated rings. The standard InChI is InChI=1S/C19H14N2O2S/c1-3-16(21-2)14-6-4-13(5-7-14)15(11-20)10-18-19-17(12-24-18)22-8-9-23-19/h3-7,10,12H,8-9H2,1H3/b15-10+,16-3-. The summed E-state index contributed by atoms with van der Waals surface area (Å²) in [5, 5.41) is 11.4. The van der Waals surface area contributed by atoms with Gasteiger partial charge in [0.25, 0.3) is 0 Å². The lowest BCUT2D eigenvalue weighted by molar-refractivity contribution is 0.173. The van der Waals surface area contributed by atoms with Crippen molar-refractivity contribution in [3.05, 3.63) is 63.1 Å². The third-order valence-electron chi connectivity index (χ3n) is 3.61. The maximum absolute atomic E-state index is 9.51. The minimum atomic E-state index is 0.518. The summed E-state index contributed by atoms with van der Waals surface area (Å²) in [6.07, 6.45) is 3.59. The molecule has 24 heavy (non-hydrogen) atoms. The summed E-state index contributed by atoms with van der Waals surface area (Å²) in [5.41, 5.74) is 2.80. The molecule has 3 rings (SSSR count). The van der Waals surface area contributed by atoms with Crippen molar-refractivity contribution in [2.24, 2.45) is 0 Å². The molecule has 1 aliphatic rings. The van der Waals surface area contributed by atoms with Crippen molar-refractivity contribution in [1.82, 2.24) is 0 Å². The SMILES string of the molecule is [C-]#[N+]/C(=C\C)c1ccc(/C(C#N)=C/c2scc3c2OCCO3)cc1. The van der Waals surface area contributed by atoms with Crippen molar-refractivity contribution in [1.29, 1.82) is 5.26 Å². The minimum Gasteiger partial charge on any atom is -0.485 e. The van der Waals surface area contributed by atoms with Crippen LogP contribution in [-0.4, -0.2) is 13.2 Å². The van der Waals surface area contributed by atoms with E-state index in [0.29, 0.717) is 30.2 Å². The van der Waals surface area contributed by atoms with Crippen molar-refractivity contribution in [3.8, 4) is 17.6 Å². The van der Waals surface area contributed by atoms with E-state index < -0.39 is 0 Å². The molecule has 118 valence electrons. The summed E-state index contributed by atoms with van der Waals surface area (Å²) in [5.74, 6) is 1.44. The molecule has 0 amide bonds. The van der Waals surface area contributed by atoms with Gasteiger partial charge in [0.2, 0.25) is 0 Å². The van der Waals surface area contributed by atoms with E-state index in [-0.39, 0.29) is 0 Å². The first-order valence-electron chi connectivity index (χ1n) is 7.40. The number of hydrogen-bond acceptors (Lipinski definition) is 4. The van der Waals surface area contributed by atoms with Gasteiger partial charge in [-0.05, 0) is 17.2 Å². The van der Waals surface area contributed by atoms with Gasteiger partial charge in [-0.2, -0.15) is 5.26 Å². The van der Waals surface area contributed by atoms with Gasteiger partial charge in [0.1, 0.15) is 13.2 Å². The van der Waals surface area contributed by atoms with E-state index in [4.69, 9.17) is 16.0 Å². The van der Waals surface area contributed by atoms with Gasteiger partial charge in [-0.15, -0.1) is 11.3 Å². The fraction of sp³-hybridized carbons (Fsp3) is 0.158.